The maximum Gasteiger partial charge on any atom is 0.220 e. The lowest BCUT2D eigenvalue weighted by atomic mass is 9.93. The third kappa shape index (κ3) is 5.56. The van der Waals surface area contributed by atoms with Gasteiger partial charge in [-0.15, -0.1) is 0 Å². The van der Waals surface area contributed by atoms with Crippen molar-refractivity contribution in [3.05, 3.63) is 0 Å². The Morgan fingerprint density at radius 1 is 1.14 bits per heavy atom. The Morgan fingerprint density at radius 2 is 1.82 bits per heavy atom. The lowest BCUT2D eigenvalue weighted by Gasteiger charge is -2.43. The zero-order valence-electron chi connectivity index (χ0n) is 17.8. The third-order valence-corrected chi connectivity index (χ3v) is 7.68. The standard InChI is InChI=1S/C21H39N5OS/c1-3-23-20(25-10-6-18(7-11-25)16-19(27)22-2)24-17-21(8-4-5-9-21)26-12-14-28-15-13-26/h18H,3-17H2,1-2H3,(H,22,27)(H,23,24). The molecule has 0 aromatic carbocycles. The maximum atomic E-state index is 11.7. The number of nitrogens with one attached hydrogen (secondary N) is 2. The number of guanidine groups is 1. The highest BCUT2D eigenvalue weighted by Crippen LogP contribution is 2.37. The average Bonchev–Trinajstić information content (AvgIpc) is 3.22. The van der Waals surface area contributed by atoms with Crippen LogP contribution in [0.5, 0.6) is 0 Å². The lowest BCUT2D eigenvalue weighted by molar-refractivity contribution is -0.121. The number of likely N-dealkylation sites (tertiary alicyclic amines) is 1. The van der Waals surface area contributed by atoms with Crippen molar-refractivity contribution in [2.45, 2.75) is 57.4 Å². The minimum atomic E-state index is 0.168. The molecule has 1 amide bonds. The first-order valence-electron chi connectivity index (χ1n) is 11.2. The number of hydrogen-bond acceptors (Lipinski definition) is 4. The summed E-state index contributed by atoms with van der Waals surface area (Å²) in [4.78, 5) is 22.0. The van der Waals surface area contributed by atoms with Crippen LogP contribution in [0.2, 0.25) is 0 Å². The van der Waals surface area contributed by atoms with Gasteiger partial charge in [0.1, 0.15) is 0 Å². The van der Waals surface area contributed by atoms with Crippen molar-refractivity contribution in [3.63, 3.8) is 0 Å². The van der Waals surface area contributed by atoms with Gasteiger partial charge in [0.2, 0.25) is 5.91 Å². The van der Waals surface area contributed by atoms with Gasteiger partial charge in [-0.2, -0.15) is 11.8 Å². The maximum absolute atomic E-state index is 11.7. The van der Waals surface area contributed by atoms with E-state index in [-0.39, 0.29) is 5.91 Å². The monoisotopic (exact) mass is 409 g/mol. The van der Waals surface area contributed by atoms with E-state index < -0.39 is 0 Å². The van der Waals surface area contributed by atoms with E-state index in [0.717, 1.165) is 45.0 Å². The van der Waals surface area contributed by atoms with Crippen LogP contribution in [0, 0.1) is 5.92 Å². The molecule has 0 radical (unpaired) electrons. The SMILES string of the molecule is CCNC(=NCC1(N2CCSCC2)CCCC1)N1CCC(CC(=O)NC)CC1. The van der Waals surface area contributed by atoms with Crippen molar-refractivity contribution >= 4 is 23.6 Å². The Labute approximate surface area is 175 Å². The van der Waals surface area contributed by atoms with Crippen molar-refractivity contribution in [2.24, 2.45) is 10.9 Å². The number of aliphatic imine (C=N–C) groups is 1. The molecule has 160 valence electrons. The highest BCUT2D eigenvalue weighted by Gasteiger charge is 2.40. The second kappa shape index (κ2) is 10.7. The molecule has 6 nitrogen and oxygen atoms in total. The molecule has 1 aliphatic carbocycles. The molecule has 7 heteroatoms. The van der Waals surface area contributed by atoms with E-state index in [9.17, 15) is 4.79 Å². The number of piperidine rings is 1. The van der Waals surface area contributed by atoms with Gasteiger partial charge in [0.15, 0.2) is 5.96 Å². The largest absolute Gasteiger partial charge is 0.359 e. The number of thioether (sulfide) groups is 1. The van der Waals surface area contributed by atoms with Gasteiger partial charge in [0.25, 0.3) is 0 Å². The zero-order chi connectivity index (χ0) is 19.8. The Hall–Kier alpha value is -0.950. The van der Waals surface area contributed by atoms with E-state index in [1.165, 1.54) is 50.3 Å². The molecule has 2 aliphatic heterocycles. The summed E-state index contributed by atoms with van der Waals surface area (Å²) in [6.07, 6.45) is 8.11. The topological polar surface area (TPSA) is 60.0 Å². The number of hydrogen-bond donors (Lipinski definition) is 2. The summed E-state index contributed by atoms with van der Waals surface area (Å²) in [5.74, 6) is 4.29. The normalized spacial score (nSPS) is 24.4. The van der Waals surface area contributed by atoms with Crippen LogP contribution >= 0.6 is 11.8 Å². The summed E-state index contributed by atoms with van der Waals surface area (Å²) in [5.41, 5.74) is 0.291. The molecule has 0 aromatic heterocycles. The van der Waals surface area contributed by atoms with Gasteiger partial charge < -0.3 is 15.5 Å². The number of nitrogens with zero attached hydrogens (tertiary/aromatic N) is 3. The molecule has 2 N–H and O–H groups in total. The van der Waals surface area contributed by atoms with Gasteiger partial charge in [0, 0.05) is 63.2 Å². The number of carbonyl (C=O) groups excluding carboxylic acids is 1. The Bertz CT molecular complexity index is 521. The minimum Gasteiger partial charge on any atom is -0.359 e. The number of amides is 1. The summed E-state index contributed by atoms with van der Waals surface area (Å²) in [6.45, 7) is 8.44. The Morgan fingerprint density at radius 3 is 2.43 bits per heavy atom. The van der Waals surface area contributed by atoms with E-state index in [1.807, 2.05) is 0 Å². The highest BCUT2D eigenvalue weighted by molar-refractivity contribution is 7.99. The van der Waals surface area contributed by atoms with E-state index in [1.54, 1.807) is 7.05 Å². The van der Waals surface area contributed by atoms with Gasteiger partial charge in [-0.05, 0) is 38.5 Å². The summed E-state index contributed by atoms with van der Waals surface area (Å²) in [7, 11) is 1.73. The fourth-order valence-corrected chi connectivity index (χ4v) is 5.91. The third-order valence-electron chi connectivity index (χ3n) is 6.74. The van der Waals surface area contributed by atoms with Crippen molar-refractivity contribution in [1.82, 2.24) is 20.4 Å². The molecule has 28 heavy (non-hydrogen) atoms. The second-order valence-corrected chi connectivity index (χ2v) is 9.73. The molecule has 3 aliphatic rings. The molecule has 0 atom stereocenters. The van der Waals surface area contributed by atoms with Crippen LogP contribution in [0.4, 0.5) is 0 Å². The van der Waals surface area contributed by atoms with Crippen LogP contribution < -0.4 is 10.6 Å². The molecule has 0 bridgehead atoms. The fourth-order valence-electron chi connectivity index (χ4n) is 5.01. The summed E-state index contributed by atoms with van der Waals surface area (Å²) in [5, 5.41) is 6.30. The second-order valence-electron chi connectivity index (χ2n) is 8.51. The van der Waals surface area contributed by atoms with Gasteiger partial charge in [-0.25, -0.2) is 0 Å². The van der Waals surface area contributed by atoms with Crippen LogP contribution in [0.1, 0.15) is 51.9 Å². The van der Waals surface area contributed by atoms with Crippen LogP contribution in [0.3, 0.4) is 0 Å². The first-order chi connectivity index (χ1) is 13.7. The summed E-state index contributed by atoms with van der Waals surface area (Å²) < 4.78 is 0. The van der Waals surface area contributed by atoms with E-state index in [4.69, 9.17) is 4.99 Å². The van der Waals surface area contributed by atoms with E-state index in [2.05, 4.69) is 39.1 Å². The molecular formula is C21H39N5OS. The molecule has 3 rings (SSSR count). The highest BCUT2D eigenvalue weighted by atomic mass is 32.2. The van der Waals surface area contributed by atoms with Gasteiger partial charge in [-0.1, -0.05) is 12.8 Å². The zero-order valence-corrected chi connectivity index (χ0v) is 18.7. The lowest BCUT2D eigenvalue weighted by Crippen LogP contribution is -2.53. The van der Waals surface area contributed by atoms with Crippen LogP contribution in [-0.4, -0.2) is 85.0 Å². The van der Waals surface area contributed by atoms with E-state index >= 15 is 0 Å². The minimum absolute atomic E-state index is 0.168. The molecule has 2 heterocycles. The average molecular weight is 410 g/mol. The first-order valence-corrected chi connectivity index (χ1v) is 12.4. The quantitative estimate of drug-likeness (QED) is 0.520. The van der Waals surface area contributed by atoms with Gasteiger partial charge >= 0.3 is 0 Å². The predicted octanol–water partition coefficient (Wildman–Crippen LogP) is 2.16. The van der Waals surface area contributed by atoms with Crippen molar-refractivity contribution in [2.75, 3.05) is 57.8 Å². The van der Waals surface area contributed by atoms with Crippen molar-refractivity contribution in [3.8, 4) is 0 Å². The van der Waals surface area contributed by atoms with Crippen LogP contribution in [0.25, 0.3) is 0 Å². The van der Waals surface area contributed by atoms with Crippen LogP contribution in [-0.2, 0) is 4.79 Å². The summed E-state index contributed by atoms with van der Waals surface area (Å²) in [6, 6.07) is 0. The summed E-state index contributed by atoms with van der Waals surface area (Å²) >= 11 is 2.09. The molecule has 0 aromatic rings. The first kappa shape index (κ1) is 21.8. The number of rotatable bonds is 6. The molecule has 1 saturated carbocycles. The smallest absolute Gasteiger partial charge is 0.220 e. The predicted molar refractivity (Wildman–Crippen MR) is 119 cm³/mol. The van der Waals surface area contributed by atoms with Crippen molar-refractivity contribution < 1.29 is 4.79 Å². The molecular weight excluding hydrogens is 370 g/mol. The fraction of sp³-hybridized carbons (Fsp3) is 0.905. The van der Waals surface area contributed by atoms with Crippen LogP contribution in [0.15, 0.2) is 4.99 Å². The molecule has 3 fully saturated rings. The molecule has 0 spiro atoms. The van der Waals surface area contributed by atoms with E-state index in [0.29, 0.717) is 17.9 Å². The molecule has 0 unspecified atom stereocenters. The van der Waals surface area contributed by atoms with Gasteiger partial charge in [-0.3, -0.25) is 14.7 Å². The van der Waals surface area contributed by atoms with Gasteiger partial charge in [0.05, 0.1) is 6.54 Å². The van der Waals surface area contributed by atoms with Crippen molar-refractivity contribution in [1.29, 1.82) is 0 Å². The Kier molecular flexibility index (Phi) is 8.33. The molecule has 2 saturated heterocycles. The number of carbonyl (C=O) groups is 1. The Balaban J connectivity index is 1.61.